The molecule has 4 aliphatic rings. The molecule has 0 amide bonds. The molecule has 168 valence electrons. The number of hydrogen-bond acceptors (Lipinski definition) is 8. The van der Waals surface area contributed by atoms with E-state index in [4.69, 9.17) is 9.47 Å². The number of aliphatic hydroxyl groups excluding tert-OH is 1. The van der Waals surface area contributed by atoms with E-state index >= 15 is 0 Å². The number of nitrogens with zero attached hydrogens (tertiary/aromatic N) is 2. The number of carbonyl (C=O) groups excluding carboxylic acids is 3. The van der Waals surface area contributed by atoms with Gasteiger partial charge < -0.3 is 19.7 Å². The summed E-state index contributed by atoms with van der Waals surface area (Å²) >= 11 is 0. The molecule has 0 saturated carbocycles. The van der Waals surface area contributed by atoms with Crippen molar-refractivity contribution < 1.29 is 34.1 Å². The molecular weight excluding hydrogens is 428 g/mol. The van der Waals surface area contributed by atoms with Crippen LogP contribution in [0.1, 0.15) is 42.5 Å². The average molecular weight is 448 g/mol. The van der Waals surface area contributed by atoms with Gasteiger partial charge in [-0.25, -0.2) is 4.68 Å². The predicted octanol–water partition coefficient (Wildman–Crippen LogP) is 1.95. The first kappa shape index (κ1) is 20.1. The SMILES string of the molecule is CC(=O)[C@@]12O[C@@]13OC1=Cc4c(c(C)nn4-c4ccccc4)C(=O)[C@]1(C)[C@@]3(O)C(O)=C(C)C2=O. The smallest absolute Gasteiger partial charge is 0.294 e. The predicted molar refractivity (Wildman–Crippen MR) is 112 cm³/mol. The number of para-hydroxylation sites is 1. The fourth-order valence-electron chi connectivity index (χ4n) is 5.69. The first-order valence-corrected chi connectivity index (χ1v) is 10.5. The van der Waals surface area contributed by atoms with E-state index in [2.05, 4.69) is 5.10 Å². The fourth-order valence-corrected chi connectivity index (χ4v) is 5.69. The van der Waals surface area contributed by atoms with Gasteiger partial charge in [-0.05, 0) is 39.8 Å². The minimum Gasteiger partial charge on any atom is -0.508 e. The Kier molecular flexibility index (Phi) is 3.34. The van der Waals surface area contributed by atoms with Crippen LogP contribution in [-0.4, -0.2) is 54.3 Å². The number of ketones is 3. The molecule has 33 heavy (non-hydrogen) atoms. The maximum atomic E-state index is 14.0. The first-order valence-electron chi connectivity index (χ1n) is 10.5. The molecule has 9 heteroatoms. The minimum atomic E-state index is -2.49. The quantitative estimate of drug-likeness (QED) is 0.527. The number of aliphatic hydroxyl groups is 2. The number of aryl methyl sites for hydroxylation is 1. The van der Waals surface area contributed by atoms with Crippen LogP contribution in [0, 0.1) is 12.3 Å². The molecule has 2 aliphatic carbocycles. The third-order valence-corrected chi connectivity index (χ3v) is 7.56. The second-order valence-corrected chi connectivity index (χ2v) is 9.13. The molecule has 0 unspecified atom stereocenters. The molecule has 6 rings (SSSR count). The monoisotopic (exact) mass is 448 g/mol. The number of rotatable bonds is 2. The van der Waals surface area contributed by atoms with Crippen LogP contribution in [0.3, 0.4) is 0 Å². The summed E-state index contributed by atoms with van der Waals surface area (Å²) in [4.78, 5) is 39.6. The molecule has 1 aromatic heterocycles. The standard InChI is InChI=1S/C24H20N2O7/c1-11-18(28)22(13(3)27)24(33-22)23(31,19(11)29)21(4)16(32-24)10-15-17(20(21)30)12(2)25-26(15)14-8-6-5-7-9-14/h5-10,29,31H,1-4H3/t21-,22+,23+,24+/m1/s1. The molecule has 2 saturated heterocycles. The Hall–Kier alpha value is -3.56. The highest BCUT2D eigenvalue weighted by atomic mass is 16.8. The van der Waals surface area contributed by atoms with Crippen molar-refractivity contribution in [1.82, 2.24) is 9.78 Å². The zero-order chi connectivity index (χ0) is 23.7. The van der Waals surface area contributed by atoms with E-state index in [0.717, 1.165) is 6.92 Å². The van der Waals surface area contributed by atoms with Crippen LogP contribution in [0.15, 0.2) is 47.4 Å². The summed E-state index contributed by atoms with van der Waals surface area (Å²) in [5.41, 5.74) is -4.94. The molecule has 0 bridgehead atoms. The van der Waals surface area contributed by atoms with E-state index in [0.29, 0.717) is 17.1 Å². The topological polar surface area (TPSA) is 131 Å². The summed E-state index contributed by atoms with van der Waals surface area (Å²) in [6.45, 7) is 5.53. The molecular formula is C24H20N2O7. The molecule has 3 heterocycles. The maximum Gasteiger partial charge on any atom is 0.294 e. The Morgan fingerprint density at radius 1 is 1.12 bits per heavy atom. The van der Waals surface area contributed by atoms with Gasteiger partial charge in [-0.2, -0.15) is 5.10 Å². The van der Waals surface area contributed by atoms with Crippen LogP contribution in [0.5, 0.6) is 0 Å². The van der Waals surface area contributed by atoms with Gasteiger partial charge in [-0.3, -0.25) is 14.4 Å². The lowest BCUT2D eigenvalue weighted by Crippen LogP contribution is -2.64. The van der Waals surface area contributed by atoms with Crippen molar-refractivity contribution in [3.63, 3.8) is 0 Å². The minimum absolute atomic E-state index is 0.0169. The van der Waals surface area contributed by atoms with Crippen molar-refractivity contribution in [3.8, 4) is 5.69 Å². The number of fused-ring (bicyclic) bond motifs is 3. The maximum absolute atomic E-state index is 14.0. The highest BCUT2D eigenvalue weighted by molar-refractivity contribution is 6.23. The molecule has 0 radical (unpaired) electrons. The molecule has 9 nitrogen and oxygen atoms in total. The highest BCUT2D eigenvalue weighted by Crippen LogP contribution is 2.74. The average Bonchev–Trinajstić information content (AvgIpc) is 3.32. The van der Waals surface area contributed by atoms with Crippen LogP contribution < -0.4 is 0 Å². The van der Waals surface area contributed by atoms with Crippen molar-refractivity contribution in [3.05, 3.63) is 64.4 Å². The van der Waals surface area contributed by atoms with E-state index in [-0.39, 0.29) is 16.9 Å². The van der Waals surface area contributed by atoms with Crippen molar-refractivity contribution in [2.24, 2.45) is 5.41 Å². The molecule has 4 atom stereocenters. The highest BCUT2D eigenvalue weighted by Gasteiger charge is 2.98. The van der Waals surface area contributed by atoms with Gasteiger partial charge in [-0.15, -0.1) is 0 Å². The van der Waals surface area contributed by atoms with E-state index in [1.807, 2.05) is 30.3 Å². The third-order valence-electron chi connectivity index (χ3n) is 7.56. The van der Waals surface area contributed by atoms with E-state index in [1.54, 1.807) is 17.7 Å². The van der Waals surface area contributed by atoms with E-state index < -0.39 is 45.5 Å². The van der Waals surface area contributed by atoms with Gasteiger partial charge in [0.1, 0.15) is 16.9 Å². The number of ether oxygens (including phenoxy) is 2. The van der Waals surface area contributed by atoms with Gasteiger partial charge in [0.15, 0.2) is 11.6 Å². The Balaban J connectivity index is 1.65. The van der Waals surface area contributed by atoms with Gasteiger partial charge in [0.05, 0.1) is 22.6 Å². The summed E-state index contributed by atoms with van der Waals surface area (Å²) in [6.07, 6.45) is 1.55. The number of carbonyl (C=O) groups is 3. The van der Waals surface area contributed by atoms with Gasteiger partial charge in [-0.1, -0.05) is 18.2 Å². The van der Waals surface area contributed by atoms with Gasteiger partial charge in [0.2, 0.25) is 11.4 Å². The number of benzene rings is 1. The number of aromatic nitrogens is 2. The fraction of sp³-hybridized carbons (Fsp3) is 0.333. The molecule has 2 aliphatic heterocycles. The lowest BCUT2D eigenvalue weighted by Gasteiger charge is -2.40. The summed E-state index contributed by atoms with van der Waals surface area (Å²) in [7, 11) is 0. The summed E-state index contributed by atoms with van der Waals surface area (Å²) in [5, 5.41) is 27.5. The lowest BCUT2D eigenvalue weighted by atomic mass is 9.59. The summed E-state index contributed by atoms with van der Waals surface area (Å²) < 4.78 is 13.2. The van der Waals surface area contributed by atoms with Crippen LogP contribution in [0.4, 0.5) is 0 Å². The molecule has 2 N–H and O–H groups in total. The lowest BCUT2D eigenvalue weighted by molar-refractivity contribution is -0.143. The Morgan fingerprint density at radius 3 is 2.42 bits per heavy atom. The Labute approximate surface area is 187 Å². The number of epoxide rings is 1. The van der Waals surface area contributed by atoms with E-state index in [9.17, 15) is 24.6 Å². The second kappa shape index (κ2) is 5.49. The molecule has 1 spiro atoms. The number of Topliss-reactive ketones (excluding diaryl/α,β-unsaturated/α-hetero) is 3. The number of hydrogen-bond donors (Lipinski definition) is 2. The first-order chi connectivity index (χ1) is 15.5. The molecule has 1 aromatic carbocycles. The van der Waals surface area contributed by atoms with Crippen molar-refractivity contribution in [1.29, 1.82) is 0 Å². The van der Waals surface area contributed by atoms with Crippen LogP contribution in [0.25, 0.3) is 11.8 Å². The summed E-state index contributed by atoms with van der Waals surface area (Å²) in [5.74, 6) is -5.02. The zero-order valence-electron chi connectivity index (χ0n) is 18.3. The Morgan fingerprint density at radius 2 is 1.79 bits per heavy atom. The summed E-state index contributed by atoms with van der Waals surface area (Å²) in [6, 6.07) is 9.17. The van der Waals surface area contributed by atoms with Crippen LogP contribution >= 0.6 is 0 Å². The Bertz CT molecular complexity index is 1400. The largest absolute Gasteiger partial charge is 0.508 e. The van der Waals surface area contributed by atoms with Crippen molar-refractivity contribution in [2.45, 2.75) is 44.7 Å². The van der Waals surface area contributed by atoms with E-state index in [1.165, 1.54) is 13.8 Å². The molecule has 2 aromatic rings. The van der Waals surface area contributed by atoms with Gasteiger partial charge in [0.25, 0.3) is 11.4 Å². The van der Waals surface area contributed by atoms with Crippen LogP contribution in [0.2, 0.25) is 0 Å². The second-order valence-electron chi connectivity index (χ2n) is 9.13. The van der Waals surface area contributed by atoms with Gasteiger partial charge in [0, 0.05) is 11.6 Å². The van der Waals surface area contributed by atoms with Crippen LogP contribution in [-0.2, 0) is 19.1 Å². The van der Waals surface area contributed by atoms with Crippen molar-refractivity contribution >= 4 is 23.4 Å². The molecule has 2 fully saturated rings. The third kappa shape index (κ3) is 1.75. The van der Waals surface area contributed by atoms with Gasteiger partial charge >= 0.3 is 0 Å². The zero-order valence-corrected chi connectivity index (χ0v) is 18.3. The van der Waals surface area contributed by atoms with Crippen molar-refractivity contribution in [2.75, 3.05) is 0 Å². The normalized spacial score (nSPS) is 35.8.